The van der Waals surface area contributed by atoms with Gasteiger partial charge in [-0.25, -0.2) is 13.4 Å². The number of hydrogen-bond acceptors (Lipinski definition) is 4. The summed E-state index contributed by atoms with van der Waals surface area (Å²) in [5.41, 5.74) is 2.50. The van der Waals surface area contributed by atoms with Gasteiger partial charge in [-0.15, -0.1) is 11.3 Å². The summed E-state index contributed by atoms with van der Waals surface area (Å²) in [5, 5.41) is 3.25. The first-order valence-corrected chi connectivity index (χ1v) is 9.92. The Labute approximate surface area is 150 Å². The lowest BCUT2D eigenvalue weighted by molar-refractivity contribution is 0.600. The lowest BCUT2D eigenvalue weighted by atomic mass is 10.1. The minimum Gasteiger partial charge on any atom is -0.279 e. The number of para-hydroxylation sites is 1. The van der Waals surface area contributed by atoms with Gasteiger partial charge in [0.2, 0.25) is 0 Å². The van der Waals surface area contributed by atoms with Gasteiger partial charge in [0.15, 0.2) is 0 Å². The van der Waals surface area contributed by atoms with Crippen molar-refractivity contribution in [3.05, 3.63) is 63.4 Å². The van der Waals surface area contributed by atoms with E-state index in [-0.39, 0.29) is 4.90 Å². The van der Waals surface area contributed by atoms with Gasteiger partial charge in [0.1, 0.15) is 0 Å². The molecule has 1 aromatic heterocycles. The summed E-state index contributed by atoms with van der Waals surface area (Å²) in [7, 11) is -3.75. The molecule has 24 heavy (non-hydrogen) atoms. The van der Waals surface area contributed by atoms with E-state index in [9.17, 15) is 8.42 Å². The van der Waals surface area contributed by atoms with Crippen LogP contribution in [0.15, 0.2) is 52.7 Å². The number of benzene rings is 2. The maximum absolute atomic E-state index is 12.8. The van der Waals surface area contributed by atoms with E-state index in [4.69, 9.17) is 11.6 Å². The van der Waals surface area contributed by atoms with Crippen molar-refractivity contribution in [3.63, 3.8) is 0 Å². The average Bonchev–Trinajstić information content (AvgIpc) is 2.96. The fourth-order valence-corrected chi connectivity index (χ4v) is 4.55. The second-order valence-corrected chi connectivity index (χ2v) is 8.39. The van der Waals surface area contributed by atoms with Crippen LogP contribution >= 0.6 is 22.9 Å². The number of aryl methyl sites for hydroxylation is 1. The molecule has 7 heteroatoms. The van der Waals surface area contributed by atoms with Crippen molar-refractivity contribution in [2.24, 2.45) is 0 Å². The molecule has 1 N–H and O–H groups in total. The molecule has 2 aromatic carbocycles. The normalized spacial score (nSPS) is 11.5. The Hall–Kier alpha value is -1.89. The monoisotopic (exact) mass is 378 g/mol. The van der Waals surface area contributed by atoms with Gasteiger partial charge in [-0.3, -0.25) is 4.72 Å². The van der Waals surface area contributed by atoms with Crippen molar-refractivity contribution >= 4 is 38.6 Å². The molecule has 0 aliphatic rings. The third-order valence-electron chi connectivity index (χ3n) is 3.57. The molecule has 0 radical (unpaired) electrons. The van der Waals surface area contributed by atoms with Gasteiger partial charge in [-0.1, -0.05) is 35.9 Å². The van der Waals surface area contributed by atoms with E-state index in [0.717, 1.165) is 16.3 Å². The highest BCUT2D eigenvalue weighted by molar-refractivity contribution is 7.92. The second-order valence-electron chi connectivity index (χ2n) is 5.27. The first kappa shape index (κ1) is 17.0. The molecule has 0 amide bonds. The number of nitrogens with one attached hydrogen (secondary N) is 1. The fraction of sp³-hybridized carbons (Fsp3) is 0.118. The molecule has 0 aliphatic carbocycles. The molecule has 0 bridgehead atoms. The van der Waals surface area contributed by atoms with Crippen LogP contribution in [0.25, 0.3) is 11.3 Å². The Bertz CT molecular complexity index is 997. The van der Waals surface area contributed by atoms with Crippen molar-refractivity contribution in [2.75, 3.05) is 4.72 Å². The van der Waals surface area contributed by atoms with Gasteiger partial charge in [-0.05, 0) is 37.6 Å². The smallest absolute Gasteiger partial charge is 0.262 e. The van der Waals surface area contributed by atoms with Crippen molar-refractivity contribution in [1.82, 2.24) is 4.98 Å². The predicted octanol–water partition coefficient (Wildman–Crippen LogP) is 4.88. The van der Waals surface area contributed by atoms with E-state index >= 15 is 0 Å². The van der Waals surface area contributed by atoms with Gasteiger partial charge < -0.3 is 0 Å². The molecule has 0 atom stereocenters. The molecule has 0 saturated carbocycles. The van der Waals surface area contributed by atoms with E-state index in [1.54, 1.807) is 37.3 Å². The van der Waals surface area contributed by atoms with Crippen LogP contribution in [0.3, 0.4) is 0 Å². The van der Waals surface area contributed by atoms with Gasteiger partial charge in [0, 0.05) is 16.0 Å². The fourth-order valence-electron chi connectivity index (χ4n) is 2.36. The quantitative estimate of drug-likeness (QED) is 0.703. The minimum absolute atomic E-state index is 0.166. The molecule has 124 valence electrons. The zero-order chi connectivity index (χ0) is 17.3. The number of rotatable bonds is 4. The molecular weight excluding hydrogens is 364 g/mol. The van der Waals surface area contributed by atoms with Crippen LogP contribution in [0, 0.1) is 13.8 Å². The molecule has 4 nitrogen and oxygen atoms in total. The zero-order valence-electron chi connectivity index (χ0n) is 13.1. The summed E-state index contributed by atoms with van der Waals surface area (Å²) in [6, 6.07) is 12.0. The summed E-state index contributed by atoms with van der Waals surface area (Å²) < 4.78 is 28.2. The standard InChI is InChI=1S/C17H15ClN2O2S2/c1-11-14(18)7-5-9-17(11)24(21,22)20-15-8-4-3-6-13(15)16-10-23-12(2)19-16/h3-10,20H,1-2H3. The molecule has 0 saturated heterocycles. The van der Waals surface area contributed by atoms with E-state index < -0.39 is 10.0 Å². The first-order valence-electron chi connectivity index (χ1n) is 7.18. The number of halogens is 1. The molecule has 0 fully saturated rings. The maximum atomic E-state index is 12.8. The van der Waals surface area contributed by atoms with Gasteiger partial charge in [0.25, 0.3) is 10.0 Å². The van der Waals surface area contributed by atoms with Crippen LogP contribution in [0.1, 0.15) is 10.6 Å². The number of thiazole rings is 1. The summed E-state index contributed by atoms with van der Waals surface area (Å²) in [5.74, 6) is 0. The van der Waals surface area contributed by atoms with Gasteiger partial charge in [0.05, 0.1) is 21.3 Å². The Balaban J connectivity index is 2.04. The largest absolute Gasteiger partial charge is 0.279 e. The van der Waals surface area contributed by atoms with Gasteiger partial charge in [-0.2, -0.15) is 0 Å². The third-order valence-corrected chi connectivity index (χ3v) is 6.27. The molecule has 0 unspecified atom stereocenters. The Kier molecular flexibility index (Phi) is 4.62. The third kappa shape index (κ3) is 3.31. The van der Waals surface area contributed by atoms with Crippen LogP contribution < -0.4 is 4.72 Å². The SMILES string of the molecule is Cc1nc(-c2ccccc2NS(=O)(=O)c2cccc(Cl)c2C)cs1. The van der Waals surface area contributed by atoms with Crippen LogP contribution in [-0.4, -0.2) is 13.4 Å². The molecule has 0 spiro atoms. The number of sulfonamides is 1. The summed E-state index contributed by atoms with van der Waals surface area (Å²) in [4.78, 5) is 4.60. The van der Waals surface area contributed by atoms with Crippen LogP contribution in [0.5, 0.6) is 0 Å². The molecule has 3 rings (SSSR count). The number of anilines is 1. The Morgan fingerprint density at radius 1 is 1.08 bits per heavy atom. The summed E-state index contributed by atoms with van der Waals surface area (Å²) in [6.07, 6.45) is 0. The lowest BCUT2D eigenvalue weighted by Crippen LogP contribution is -2.15. The van der Waals surface area contributed by atoms with Crippen molar-refractivity contribution in [1.29, 1.82) is 0 Å². The molecule has 0 aliphatic heterocycles. The zero-order valence-corrected chi connectivity index (χ0v) is 15.5. The van der Waals surface area contributed by atoms with Crippen LogP contribution in [0.4, 0.5) is 5.69 Å². The number of hydrogen-bond donors (Lipinski definition) is 1. The number of aromatic nitrogens is 1. The second kappa shape index (κ2) is 6.55. The number of nitrogens with zero attached hydrogens (tertiary/aromatic N) is 1. The summed E-state index contributed by atoms with van der Waals surface area (Å²) in [6.45, 7) is 3.60. The average molecular weight is 379 g/mol. The van der Waals surface area contributed by atoms with E-state index in [2.05, 4.69) is 9.71 Å². The van der Waals surface area contributed by atoms with Crippen LogP contribution in [0.2, 0.25) is 5.02 Å². The summed E-state index contributed by atoms with van der Waals surface area (Å²) >= 11 is 7.57. The highest BCUT2D eigenvalue weighted by Gasteiger charge is 2.20. The first-order chi connectivity index (χ1) is 11.4. The maximum Gasteiger partial charge on any atom is 0.262 e. The topological polar surface area (TPSA) is 59.1 Å². The molecular formula is C17H15ClN2O2S2. The van der Waals surface area contributed by atoms with Crippen molar-refractivity contribution in [3.8, 4) is 11.3 Å². The Morgan fingerprint density at radius 3 is 2.54 bits per heavy atom. The van der Waals surface area contributed by atoms with E-state index in [1.165, 1.54) is 11.3 Å². The van der Waals surface area contributed by atoms with E-state index in [1.807, 2.05) is 24.4 Å². The molecule has 1 heterocycles. The van der Waals surface area contributed by atoms with Crippen molar-refractivity contribution in [2.45, 2.75) is 18.7 Å². The predicted molar refractivity (Wildman–Crippen MR) is 99.3 cm³/mol. The highest BCUT2D eigenvalue weighted by Crippen LogP contribution is 2.31. The van der Waals surface area contributed by atoms with Gasteiger partial charge >= 0.3 is 0 Å². The van der Waals surface area contributed by atoms with Crippen LogP contribution in [-0.2, 0) is 10.0 Å². The van der Waals surface area contributed by atoms with E-state index in [0.29, 0.717) is 16.3 Å². The lowest BCUT2D eigenvalue weighted by Gasteiger charge is -2.13. The highest BCUT2D eigenvalue weighted by atomic mass is 35.5. The molecule has 3 aromatic rings. The minimum atomic E-state index is -3.75. The Morgan fingerprint density at radius 2 is 1.83 bits per heavy atom. The van der Waals surface area contributed by atoms with Crippen molar-refractivity contribution < 1.29 is 8.42 Å².